The van der Waals surface area contributed by atoms with Gasteiger partial charge in [-0.25, -0.2) is 0 Å². The van der Waals surface area contributed by atoms with Gasteiger partial charge in [0.25, 0.3) is 0 Å². The van der Waals surface area contributed by atoms with Gasteiger partial charge in [-0.05, 0) is 12.3 Å². The maximum atomic E-state index is 11.5. The lowest BCUT2D eigenvalue weighted by Gasteiger charge is -2.16. The molecule has 13 heavy (non-hydrogen) atoms. The number of rotatable bonds is 4. The number of halogens is 1. The highest BCUT2D eigenvalue weighted by Gasteiger charge is 2.19. The second kappa shape index (κ2) is 6.04. The molecular weight excluding hydrogens is 230 g/mol. The van der Waals surface area contributed by atoms with Crippen LogP contribution in [0.3, 0.4) is 0 Å². The first-order valence-corrected chi connectivity index (χ1v) is 5.35. The van der Waals surface area contributed by atoms with Crippen molar-refractivity contribution in [1.82, 2.24) is 5.32 Å². The first kappa shape index (κ1) is 12.5. The summed E-state index contributed by atoms with van der Waals surface area (Å²) in [5, 5.41) is 2.78. The standard InChI is InChI=1S/C10H16BrNO/c1-5-8(6-2)12-10(13)9(11)7(3)4/h1,7-9H,6H2,2-4H3,(H,12,13). The highest BCUT2D eigenvalue weighted by atomic mass is 79.9. The van der Waals surface area contributed by atoms with Crippen LogP contribution in [0.5, 0.6) is 0 Å². The fourth-order valence-corrected chi connectivity index (χ4v) is 0.948. The number of terminal acetylenes is 1. The van der Waals surface area contributed by atoms with Crippen LogP contribution in [0.25, 0.3) is 0 Å². The average Bonchev–Trinajstić information content (AvgIpc) is 2.12. The van der Waals surface area contributed by atoms with Crippen molar-refractivity contribution >= 4 is 21.8 Å². The number of nitrogens with one attached hydrogen (secondary N) is 1. The molecule has 1 N–H and O–H groups in total. The van der Waals surface area contributed by atoms with Crippen molar-refractivity contribution in [1.29, 1.82) is 0 Å². The summed E-state index contributed by atoms with van der Waals surface area (Å²) < 4.78 is 0. The minimum Gasteiger partial charge on any atom is -0.342 e. The Morgan fingerprint density at radius 3 is 2.46 bits per heavy atom. The zero-order valence-electron chi connectivity index (χ0n) is 8.30. The van der Waals surface area contributed by atoms with Gasteiger partial charge >= 0.3 is 0 Å². The first-order valence-electron chi connectivity index (χ1n) is 4.43. The van der Waals surface area contributed by atoms with Crippen molar-refractivity contribution in [2.45, 2.75) is 38.1 Å². The molecule has 0 rings (SSSR count). The average molecular weight is 246 g/mol. The molecule has 2 unspecified atom stereocenters. The zero-order chi connectivity index (χ0) is 10.4. The molecule has 0 fully saturated rings. The third-order valence-electron chi connectivity index (χ3n) is 1.76. The fraction of sp³-hybridized carbons (Fsp3) is 0.700. The highest BCUT2D eigenvalue weighted by Crippen LogP contribution is 2.11. The molecule has 0 aromatic heterocycles. The van der Waals surface area contributed by atoms with Crippen LogP contribution in [0, 0.1) is 18.3 Å². The summed E-state index contributed by atoms with van der Waals surface area (Å²) in [7, 11) is 0. The summed E-state index contributed by atoms with van der Waals surface area (Å²) in [4.78, 5) is 11.3. The van der Waals surface area contributed by atoms with E-state index in [2.05, 4.69) is 27.2 Å². The summed E-state index contributed by atoms with van der Waals surface area (Å²) >= 11 is 3.31. The van der Waals surface area contributed by atoms with E-state index < -0.39 is 0 Å². The predicted molar refractivity (Wildman–Crippen MR) is 58.6 cm³/mol. The molecule has 0 saturated heterocycles. The minimum atomic E-state index is -0.158. The first-order chi connectivity index (χ1) is 6.02. The Hall–Kier alpha value is -0.490. The molecule has 0 bridgehead atoms. The Kier molecular flexibility index (Phi) is 5.81. The predicted octanol–water partition coefficient (Wildman–Crippen LogP) is 1.93. The van der Waals surface area contributed by atoms with Gasteiger partial charge in [-0.2, -0.15) is 0 Å². The van der Waals surface area contributed by atoms with Crippen LogP contribution >= 0.6 is 15.9 Å². The van der Waals surface area contributed by atoms with Crippen LogP contribution in [-0.4, -0.2) is 16.8 Å². The van der Waals surface area contributed by atoms with Crippen LogP contribution < -0.4 is 5.32 Å². The van der Waals surface area contributed by atoms with Crippen molar-refractivity contribution in [3.63, 3.8) is 0 Å². The number of carbonyl (C=O) groups is 1. The third-order valence-corrected chi connectivity index (χ3v) is 3.23. The van der Waals surface area contributed by atoms with Gasteiger partial charge in [-0.3, -0.25) is 4.79 Å². The van der Waals surface area contributed by atoms with Gasteiger partial charge in [0.1, 0.15) is 0 Å². The van der Waals surface area contributed by atoms with E-state index in [9.17, 15) is 4.79 Å². The number of carbonyl (C=O) groups excluding carboxylic acids is 1. The molecule has 0 radical (unpaired) electrons. The van der Waals surface area contributed by atoms with E-state index in [0.717, 1.165) is 6.42 Å². The van der Waals surface area contributed by atoms with Crippen LogP contribution in [-0.2, 0) is 4.79 Å². The number of hydrogen-bond donors (Lipinski definition) is 1. The summed E-state index contributed by atoms with van der Waals surface area (Å²) in [6, 6.07) is -0.147. The normalized spacial score (nSPS) is 14.8. The van der Waals surface area contributed by atoms with E-state index in [1.165, 1.54) is 0 Å². The van der Waals surface area contributed by atoms with Crippen molar-refractivity contribution in [2.24, 2.45) is 5.92 Å². The lowest BCUT2D eigenvalue weighted by molar-refractivity contribution is -0.121. The molecule has 0 aliphatic heterocycles. The van der Waals surface area contributed by atoms with Crippen molar-refractivity contribution in [2.75, 3.05) is 0 Å². The van der Waals surface area contributed by atoms with Gasteiger partial charge in [-0.15, -0.1) is 6.42 Å². The molecule has 0 heterocycles. The summed E-state index contributed by atoms with van der Waals surface area (Å²) in [5.74, 6) is 2.77. The Morgan fingerprint density at radius 2 is 2.15 bits per heavy atom. The van der Waals surface area contributed by atoms with Gasteiger partial charge < -0.3 is 5.32 Å². The zero-order valence-corrected chi connectivity index (χ0v) is 9.89. The smallest absolute Gasteiger partial charge is 0.235 e. The van der Waals surface area contributed by atoms with Crippen LogP contribution in [0.1, 0.15) is 27.2 Å². The van der Waals surface area contributed by atoms with Gasteiger partial charge in [0.2, 0.25) is 5.91 Å². The van der Waals surface area contributed by atoms with Crippen molar-refractivity contribution < 1.29 is 4.79 Å². The second-order valence-electron chi connectivity index (χ2n) is 3.28. The Bertz CT molecular complexity index is 207. The summed E-state index contributed by atoms with van der Waals surface area (Å²) in [6.45, 7) is 5.91. The SMILES string of the molecule is C#CC(CC)NC(=O)C(Br)C(C)C. The molecule has 0 aliphatic carbocycles. The van der Waals surface area contributed by atoms with E-state index in [0.29, 0.717) is 0 Å². The Morgan fingerprint density at radius 1 is 1.62 bits per heavy atom. The van der Waals surface area contributed by atoms with Gasteiger partial charge in [0.15, 0.2) is 0 Å². The topological polar surface area (TPSA) is 29.1 Å². The molecule has 0 aromatic rings. The van der Waals surface area contributed by atoms with E-state index in [1.807, 2.05) is 20.8 Å². The van der Waals surface area contributed by atoms with Crippen molar-refractivity contribution in [3.05, 3.63) is 0 Å². The Labute approximate surface area is 88.6 Å². The molecule has 0 aliphatic rings. The van der Waals surface area contributed by atoms with Gasteiger partial charge in [0.05, 0.1) is 10.9 Å². The minimum absolute atomic E-state index is 0.0280. The fourth-order valence-electron chi connectivity index (χ4n) is 0.816. The molecule has 0 saturated carbocycles. The van der Waals surface area contributed by atoms with Gasteiger partial charge in [-0.1, -0.05) is 42.6 Å². The molecule has 2 atom stereocenters. The molecule has 2 nitrogen and oxygen atoms in total. The molecule has 3 heteroatoms. The summed E-state index contributed by atoms with van der Waals surface area (Å²) in [5.41, 5.74) is 0. The molecule has 0 aromatic carbocycles. The summed E-state index contributed by atoms with van der Waals surface area (Å²) in [6.07, 6.45) is 5.99. The van der Waals surface area contributed by atoms with E-state index >= 15 is 0 Å². The molecular formula is C10H16BrNO. The van der Waals surface area contributed by atoms with Crippen LogP contribution in [0.4, 0.5) is 0 Å². The highest BCUT2D eigenvalue weighted by molar-refractivity contribution is 9.10. The Balaban J connectivity index is 4.08. The number of hydrogen-bond acceptors (Lipinski definition) is 1. The lowest BCUT2D eigenvalue weighted by Crippen LogP contribution is -2.40. The largest absolute Gasteiger partial charge is 0.342 e. The molecule has 74 valence electrons. The van der Waals surface area contributed by atoms with Crippen molar-refractivity contribution in [3.8, 4) is 12.3 Å². The molecule has 0 spiro atoms. The van der Waals surface area contributed by atoms with E-state index in [-0.39, 0.29) is 22.7 Å². The second-order valence-corrected chi connectivity index (χ2v) is 4.27. The van der Waals surface area contributed by atoms with E-state index in [1.54, 1.807) is 0 Å². The monoisotopic (exact) mass is 245 g/mol. The maximum Gasteiger partial charge on any atom is 0.235 e. The lowest BCUT2D eigenvalue weighted by atomic mass is 10.1. The molecule has 1 amide bonds. The number of amides is 1. The number of alkyl halides is 1. The van der Waals surface area contributed by atoms with Crippen LogP contribution in [0.2, 0.25) is 0 Å². The quantitative estimate of drug-likeness (QED) is 0.596. The van der Waals surface area contributed by atoms with E-state index in [4.69, 9.17) is 6.42 Å². The van der Waals surface area contributed by atoms with Crippen LogP contribution in [0.15, 0.2) is 0 Å². The third kappa shape index (κ3) is 4.33. The van der Waals surface area contributed by atoms with Gasteiger partial charge in [0, 0.05) is 0 Å². The maximum absolute atomic E-state index is 11.5.